The van der Waals surface area contributed by atoms with E-state index < -0.39 is 54.2 Å². The zero-order valence-corrected chi connectivity index (χ0v) is 23.0. The van der Waals surface area contributed by atoms with Crippen molar-refractivity contribution < 1.29 is 38.1 Å². The van der Waals surface area contributed by atoms with Crippen molar-refractivity contribution in [3.05, 3.63) is 11.4 Å². The minimum Gasteiger partial charge on any atom is -0.457 e. The number of carbonyl (C=O) groups is 3. The molecule has 0 aromatic rings. The number of hydrogen-bond donors (Lipinski definition) is 0. The molecule has 4 saturated heterocycles. The maximum absolute atomic E-state index is 13.1. The van der Waals surface area contributed by atoms with E-state index >= 15 is 0 Å². The summed E-state index contributed by atoms with van der Waals surface area (Å²) < 4.78 is 28.8. The lowest BCUT2D eigenvalue weighted by Crippen LogP contribution is -2.59. The van der Waals surface area contributed by atoms with Gasteiger partial charge >= 0.3 is 18.2 Å². The summed E-state index contributed by atoms with van der Waals surface area (Å²) in [4.78, 5) is 46.8. The van der Waals surface area contributed by atoms with Crippen LogP contribution in [0, 0.1) is 6.57 Å². The van der Waals surface area contributed by atoms with Crippen molar-refractivity contribution in [3.8, 4) is 0 Å². The second kappa shape index (κ2) is 11.3. The highest BCUT2D eigenvalue weighted by Crippen LogP contribution is 2.39. The Bertz CT molecular complexity index is 944. The maximum atomic E-state index is 13.1. The van der Waals surface area contributed by atoms with Crippen LogP contribution >= 0.6 is 0 Å². The van der Waals surface area contributed by atoms with Crippen molar-refractivity contribution in [1.29, 1.82) is 0 Å². The Labute approximate surface area is 224 Å². The molecule has 38 heavy (non-hydrogen) atoms. The van der Waals surface area contributed by atoms with Crippen molar-refractivity contribution in [2.75, 3.05) is 39.3 Å². The van der Waals surface area contributed by atoms with E-state index in [2.05, 4.69) is 9.74 Å². The topological polar surface area (TPSA) is 111 Å². The molecule has 4 aliphatic heterocycles. The molecule has 0 aromatic heterocycles. The summed E-state index contributed by atoms with van der Waals surface area (Å²) >= 11 is 0. The number of hydrogen-bond acceptors (Lipinski definition) is 9. The number of carbonyl (C=O) groups excluding carboxylic acids is 3. The molecule has 0 radical (unpaired) electrons. The molecule has 0 aromatic carbocycles. The van der Waals surface area contributed by atoms with Crippen LogP contribution in [0.1, 0.15) is 60.3 Å². The SMILES string of the molecule is [C-]#[N+][C@@H]1CCCN1C(=O)CN(C(=O)OCC)C1(C)CCN(C[C@H]2O[C@@H]3OC(C)(C)O[C@@H]3[C@H]2OC(C)=O)CC1. The molecule has 0 unspecified atom stereocenters. The van der Waals surface area contributed by atoms with Gasteiger partial charge in [-0.1, -0.05) is 0 Å². The number of nitrogens with zero attached hydrogens (tertiary/aromatic N) is 4. The van der Waals surface area contributed by atoms with Gasteiger partial charge in [-0.25, -0.2) is 11.4 Å². The van der Waals surface area contributed by atoms with Crippen molar-refractivity contribution in [2.45, 2.75) is 102 Å². The van der Waals surface area contributed by atoms with Crippen molar-refractivity contribution in [1.82, 2.24) is 14.7 Å². The van der Waals surface area contributed by atoms with E-state index in [-0.39, 0.29) is 19.1 Å². The molecule has 0 spiro atoms. The Hall–Kier alpha value is -2.46. The number of fused-ring (bicyclic) bond motifs is 1. The number of esters is 1. The largest absolute Gasteiger partial charge is 0.457 e. The first-order valence-corrected chi connectivity index (χ1v) is 13.5. The van der Waals surface area contributed by atoms with E-state index in [1.807, 2.05) is 6.92 Å². The molecule has 5 atom stereocenters. The molecule has 212 valence electrons. The molecule has 12 heteroatoms. The summed E-state index contributed by atoms with van der Waals surface area (Å²) in [5.74, 6) is -1.45. The van der Waals surface area contributed by atoms with Crippen LogP contribution in [-0.2, 0) is 33.3 Å². The molecule has 0 aliphatic carbocycles. The van der Waals surface area contributed by atoms with Gasteiger partial charge in [0.15, 0.2) is 24.3 Å². The Morgan fingerprint density at radius 2 is 1.84 bits per heavy atom. The lowest BCUT2D eigenvalue weighted by atomic mass is 9.87. The Balaban J connectivity index is 1.39. The zero-order chi connectivity index (χ0) is 27.7. The fourth-order valence-electron chi connectivity index (χ4n) is 5.85. The normalized spacial score (nSPS) is 31.9. The lowest BCUT2D eigenvalue weighted by molar-refractivity contribution is -0.220. The predicted octanol–water partition coefficient (Wildman–Crippen LogP) is 1.98. The van der Waals surface area contributed by atoms with E-state index in [1.165, 1.54) is 11.8 Å². The Kier molecular flexibility index (Phi) is 8.52. The fourth-order valence-corrected chi connectivity index (χ4v) is 5.85. The lowest BCUT2D eigenvalue weighted by Gasteiger charge is -2.46. The molecule has 4 fully saturated rings. The van der Waals surface area contributed by atoms with E-state index in [1.54, 1.807) is 25.7 Å². The van der Waals surface area contributed by atoms with Crippen LogP contribution in [-0.4, -0.2) is 114 Å². The highest BCUT2D eigenvalue weighted by Gasteiger charge is 2.57. The van der Waals surface area contributed by atoms with Crippen molar-refractivity contribution >= 4 is 18.0 Å². The summed E-state index contributed by atoms with van der Waals surface area (Å²) in [6.07, 6.45) is -0.411. The Morgan fingerprint density at radius 1 is 1.13 bits per heavy atom. The molecule has 0 saturated carbocycles. The van der Waals surface area contributed by atoms with Gasteiger partial charge in [-0.15, -0.1) is 0 Å². The number of ether oxygens (including phenoxy) is 5. The third-order valence-electron chi connectivity index (χ3n) is 7.88. The number of likely N-dealkylation sites (tertiary alicyclic amines) is 2. The van der Waals surface area contributed by atoms with Crippen LogP contribution in [0.2, 0.25) is 0 Å². The minimum absolute atomic E-state index is 0.116. The van der Waals surface area contributed by atoms with Gasteiger partial charge in [0.1, 0.15) is 12.6 Å². The van der Waals surface area contributed by atoms with Crippen LogP contribution in [0.4, 0.5) is 4.79 Å². The molecule has 4 rings (SSSR count). The number of piperidine rings is 1. The third kappa shape index (κ3) is 6.06. The van der Waals surface area contributed by atoms with Crippen LogP contribution in [0.3, 0.4) is 0 Å². The highest BCUT2D eigenvalue weighted by molar-refractivity contribution is 5.83. The molecule has 4 aliphatic rings. The van der Waals surface area contributed by atoms with E-state index in [4.69, 9.17) is 30.3 Å². The summed E-state index contributed by atoms with van der Waals surface area (Å²) in [6, 6.07) is 0. The van der Waals surface area contributed by atoms with Crippen LogP contribution in [0.5, 0.6) is 0 Å². The Morgan fingerprint density at radius 3 is 2.47 bits per heavy atom. The smallest absolute Gasteiger partial charge is 0.410 e. The van der Waals surface area contributed by atoms with Gasteiger partial charge in [0.05, 0.1) is 6.61 Å². The van der Waals surface area contributed by atoms with Crippen LogP contribution in [0.15, 0.2) is 0 Å². The first-order chi connectivity index (χ1) is 18.0. The van der Waals surface area contributed by atoms with E-state index in [0.29, 0.717) is 45.4 Å². The molecule has 0 N–H and O–H groups in total. The average molecular weight is 537 g/mol. The van der Waals surface area contributed by atoms with E-state index in [9.17, 15) is 14.4 Å². The van der Waals surface area contributed by atoms with Gasteiger partial charge < -0.3 is 28.6 Å². The first-order valence-electron chi connectivity index (χ1n) is 13.5. The van der Waals surface area contributed by atoms with Crippen LogP contribution < -0.4 is 0 Å². The molecule has 4 heterocycles. The van der Waals surface area contributed by atoms with Crippen LogP contribution in [0.25, 0.3) is 4.85 Å². The number of amides is 2. The summed E-state index contributed by atoms with van der Waals surface area (Å²) in [5, 5.41) is 0. The summed E-state index contributed by atoms with van der Waals surface area (Å²) in [5.41, 5.74) is -0.593. The van der Waals surface area contributed by atoms with Gasteiger partial charge in [0.25, 0.3) is 0 Å². The monoisotopic (exact) mass is 536 g/mol. The molecule has 12 nitrogen and oxygen atoms in total. The average Bonchev–Trinajstić information content (AvgIpc) is 3.52. The van der Waals surface area contributed by atoms with Crippen molar-refractivity contribution in [2.24, 2.45) is 0 Å². The minimum atomic E-state index is -0.816. The van der Waals surface area contributed by atoms with Gasteiger partial charge in [-0.05, 0) is 47.0 Å². The maximum Gasteiger partial charge on any atom is 0.410 e. The van der Waals surface area contributed by atoms with Gasteiger partial charge in [-0.3, -0.25) is 24.2 Å². The van der Waals surface area contributed by atoms with Gasteiger partial charge in [-0.2, -0.15) is 0 Å². The number of rotatable bonds is 7. The molecular formula is C26H40N4O8. The summed E-state index contributed by atoms with van der Waals surface area (Å²) in [6.45, 7) is 18.5. The molecular weight excluding hydrogens is 496 g/mol. The van der Waals surface area contributed by atoms with E-state index in [0.717, 1.165) is 6.42 Å². The molecule has 2 amide bonds. The second-order valence-corrected chi connectivity index (χ2v) is 11.1. The highest BCUT2D eigenvalue weighted by atomic mass is 16.8. The second-order valence-electron chi connectivity index (χ2n) is 11.1. The van der Waals surface area contributed by atoms with Crippen molar-refractivity contribution in [3.63, 3.8) is 0 Å². The third-order valence-corrected chi connectivity index (χ3v) is 7.88. The standard InChI is InChI=1S/C26H40N4O8/c1-7-34-24(33)30(16-20(32)29-12-8-9-19(29)27-6)26(5)10-13-28(14-11-26)15-18-21(35-17(2)31)22-23(36-18)38-25(3,4)37-22/h18-19,21-23H,7-16H2,1-5H3/t18-,19+,21+,22-,23-/m1/s1. The molecule has 0 bridgehead atoms. The van der Waals surface area contributed by atoms with Gasteiger partial charge in [0, 0.05) is 45.1 Å². The first kappa shape index (κ1) is 28.5. The quantitative estimate of drug-likeness (QED) is 0.356. The fraction of sp³-hybridized carbons (Fsp3) is 0.846. The van der Waals surface area contributed by atoms with Gasteiger partial charge in [0.2, 0.25) is 5.91 Å². The predicted molar refractivity (Wildman–Crippen MR) is 133 cm³/mol. The zero-order valence-electron chi connectivity index (χ0n) is 23.0. The summed E-state index contributed by atoms with van der Waals surface area (Å²) in [7, 11) is 0.